The summed E-state index contributed by atoms with van der Waals surface area (Å²) in [4.78, 5) is 16.1. The lowest BCUT2D eigenvalue weighted by Crippen LogP contribution is -2.43. The van der Waals surface area contributed by atoms with Gasteiger partial charge < -0.3 is 20.3 Å². The smallest absolute Gasteiger partial charge is 0.246 e. The van der Waals surface area contributed by atoms with Crippen LogP contribution in [0.3, 0.4) is 0 Å². The molecule has 3 N–H and O–H groups in total. The first-order valence-electron chi connectivity index (χ1n) is 7.66. The lowest BCUT2D eigenvalue weighted by atomic mass is 10.1. The number of ether oxygens (including phenoxy) is 1. The highest BCUT2D eigenvalue weighted by atomic mass is 35.5. The van der Waals surface area contributed by atoms with Crippen molar-refractivity contribution >= 4 is 18.3 Å². The van der Waals surface area contributed by atoms with E-state index in [2.05, 4.69) is 15.5 Å². The Labute approximate surface area is 146 Å². The van der Waals surface area contributed by atoms with Crippen molar-refractivity contribution < 1.29 is 14.1 Å². The van der Waals surface area contributed by atoms with Crippen LogP contribution in [0.1, 0.15) is 25.3 Å². The zero-order valence-corrected chi connectivity index (χ0v) is 14.4. The molecule has 24 heavy (non-hydrogen) atoms. The van der Waals surface area contributed by atoms with Crippen LogP contribution in [-0.4, -0.2) is 28.7 Å². The highest BCUT2D eigenvalue weighted by Crippen LogP contribution is 2.29. The molecule has 2 heterocycles. The predicted molar refractivity (Wildman–Crippen MR) is 90.8 cm³/mol. The topological polar surface area (TPSA) is 103 Å². The van der Waals surface area contributed by atoms with Gasteiger partial charge in [-0.15, -0.1) is 12.4 Å². The molecule has 7 nitrogen and oxygen atoms in total. The Morgan fingerprint density at radius 3 is 2.96 bits per heavy atom. The molecule has 3 rings (SSSR count). The second-order valence-corrected chi connectivity index (χ2v) is 5.92. The van der Waals surface area contributed by atoms with E-state index >= 15 is 0 Å². The van der Waals surface area contributed by atoms with Crippen LogP contribution in [0.15, 0.2) is 22.7 Å². The summed E-state index contributed by atoms with van der Waals surface area (Å²) in [5, 5.41) is 6.67. The summed E-state index contributed by atoms with van der Waals surface area (Å²) >= 11 is 0. The Bertz CT molecular complexity index is 717. The van der Waals surface area contributed by atoms with E-state index in [1.165, 1.54) is 0 Å². The number of hydrogen-bond donors (Lipinski definition) is 2. The molecular weight excluding hydrogens is 332 g/mol. The standard InChI is InChI=1S/C16H20N4O3.ClH/c1-9(2)14(17)16(21)18-8-13-19-15(20-23-13)11-3-4-12-10(7-11)5-6-22-12;/h3-4,7,9,14H,5-6,8,17H2,1-2H3,(H,18,21);1H/t14-;/m0./s1. The van der Waals surface area contributed by atoms with Gasteiger partial charge in [0.1, 0.15) is 5.75 Å². The fourth-order valence-electron chi connectivity index (χ4n) is 2.35. The van der Waals surface area contributed by atoms with Crippen molar-refractivity contribution in [3.63, 3.8) is 0 Å². The molecule has 0 aliphatic carbocycles. The zero-order chi connectivity index (χ0) is 16.4. The zero-order valence-electron chi connectivity index (χ0n) is 13.6. The van der Waals surface area contributed by atoms with Gasteiger partial charge >= 0.3 is 0 Å². The maximum Gasteiger partial charge on any atom is 0.246 e. The van der Waals surface area contributed by atoms with Crippen LogP contribution in [0.4, 0.5) is 0 Å². The average molecular weight is 353 g/mol. The number of nitrogens with zero attached hydrogens (tertiary/aromatic N) is 2. The molecule has 2 aromatic rings. The van der Waals surface area contributed by atoms with Crippen molar-refractivity contribution in [2.45, 2.75) is 32.9 Å². The molecule has 0 radical (unpaired) electrons. The molecule has 1 amide bonds. The largest absolute Gasteiger partial charge is 0.493 e. The second-order valence-electron chi connectivity index (χ2n) is 5.92. The maximum absolute atomic E-state index is 11.8. The normalized spacial score (nSPS) is 13.8. The van der Waals surface area contributed by atoms with E-state index in [9.17, 15) is 4.79 Å². The third kappa shape index (κ3) is 3.85. The van der Waals surface area contributed by atoms with Crippen LogP contribution in [0.25, 0.3) is 11.4 Å². The van der Waals surface area contributed by atoms with Crippen molar-refractivity contribution in [1.82, 2.24) is 15.5 Å². The van der Waals surface area contributed by atoms with E-state index in [-0.39, 0.29) is 30.8 Å². The number of carbonyl (C=O) groups is 1. The summed E-state index contributed by atoms with van der Waals surface area (Å²) in [7, 11) is 0. The number of nitrogens with two attached hydrogens (primary N) is 1. The van der Waals surface area contributed by atoms with E-state index in [1.807, 2.05) is 32.0 Å². The van der Waals surface area contributed by atoms with Gasteiger partial charge in [-0.25, -0.2) is 0 Å². The molecule has 0 saturated carbocycles. The first kappa shape index (κ1) is 18.2. The number of carbonyl (C=O) groups excluding carboxylic acids is 1. The number of amides is 1. The summed E-state index contributed by atoms with van der Waals surface area (Å²) in [5.74, 6) is 1.60. The lowest BCUT2D eigenvalue weighted by molar-refractivity contribution is -0.123. The monoisotopic (exact) mass is 352 g/mol. The molecular formula is C16H21ClN4O3. The SMILES string of the molecule is CC(C)[C@H](N)C(=O)NCc1nc(-c2ccc3c(c2)CCO3)no1.Cl. The highest BCUT2D eigenvalue weighted by molar-refractivity contribution is 5.85. The number of hydrogen-bond acceptors (Lipinski definition) is 6. The molecule has 1 atom stereocenters. The molecule has 1 aliphatic heterocycles. The Morgan fingerprint density at radius 1 is 1.42 bits per heavy atom. The number of nitrogens with one attached hydrogen (secondary N) is 1. The number of aromatic nitrogens is 2. The summed E-state index contributed by atoms with van der Waals surface area (Å²) < 4.78 is 10.7. The van der Waals surface area contributed by atoms with Crippen molar-refractivity contribution in [3.05, 3.63) is 29.7 Å². The minimum Gasteiger partial charge on any atom is -0.493 e. The van der Waals surface area contributed by atoms with E-state index < -0.39 is 6.04 Å². The average Bonchev–Trinajstić information content (AvgIpc) is 3.19. The van der Waals surface area contributed by atoms with Gasteiger partial charge in [0.2, 0.25) is 17.6 Å². The van der Waals surface area contributed by atoms with Crippen LogP contribution < -0.4 is 15.8 Å². The van der Waals surface area contributed by atoms with Crippen LogP contribution in [0.2, 0.25) is 0 Å². The van der Waals surface area contributed by atoms with Crippen molar-refractivity contribution in [2.24, 2.45) is 11.7 Å². The first-order chi connectivity index (χ1) is 11.0. The second kappa shape index (κ2) is 7.63. The Hall–Kier alpha value is -2.12. The molecule has 8 heteroatoms. The lowest BCUT2D eigenvalue weighted by Gasteiger charge is -2.14. The summed E-state index contributed by atoms with van der Waals surface area (Å²) in [6.07, 6.45) is 0.886. The summed E-state index contributed by atoms with van der Waals surface area (Å²) in [6.45, 7) is 4.66. The fraction of sp³-hybridized carbons (Fsp3) is 0.438. The van der Waals surface area contributed by atoms with Crippen LogP contribution >= 0.6 is 12.4 Å². The number of rotatable bonds is 5. The maximum atomic E-state index is 11.8. The van der Waals surface area contributed by atoms with Crippen molar-refractivity contribution in [3.8, 4) is 17.1 Å². The molecule has 0 saturated heterocycles. The number of halogens is 1. The minimum atomic E-state index is -0.547. The van der Waals surface area contributed by atoms with Gasteiger partial charge in [-0.05, 0) is 29.7 Å². The molecule has 130 valence electrons. The Balaban J connectivity index is 0.00000208. The summed E-state index contributed by atoms with van der Waals surface area (Å²) in [6, 6.07) is 5.27. The number of benzene rings is 1. The van der Waals surface area contributed by atoms with Gasteiger partial charge in [0.25, 0.3) is 0 Å². The molecule has 1 aliphatic rings. The molecule has 0 bridgehead atoms. The quantitative estimate of drug-likeness (QED) is 0.848. The molecule has 0 spiro atoms. The van der Waals surface area contributed by atoms with Gasteiger partial charge in [0.15, 0.2) is 0 Å². The van der Waals surface area contributed by atoms with Crippen LogP contribution in [0, 0.1) is 5.92 Å². The third-order valence-electron chi connectivity index (χ3n) is 3.85. The molecule has 1 aromatic carbocycles. The highest BCUT2D eigenvalue weighted by Gasteiger charge is 2.19. The Morgan fingerprint density at radius 2 is 2.21 bits per heavy atom. The van der Waals surface area contributed by atoms with Gasteiger partial charge in [0.05, 0.1) is 19.2 Å². The molecule has 0 fully saturated rings. The van der Waals surface area contributed by atoms with Gasteiger partial charge in [-0.1, -0.05) is 19.0 Å². The van der Waals surface area contributed by atoms with Crippen LogP contribution in [-0.2, 0) is 17.8 Å². The van der Waals surface area contributed by atoms with Gasteiger partial charge in [-0.3, -0.25) is 4.79 Å². The first-order valence-corrected chi connectivity index (χ1v) is 7.66. The van der Waals surface area contributed by atoms with Crippen molar-refractivity contribution in [1.29, 1.82) is 0 Å². The molecule has 1 aromatic heterocycles. The number of fused-ring (bicyclic) bond motifs is 1. The third-order valence-corrected chi connectivity index (χ3v) is 3.85. The van der Waals surface area contributed by atoms with E-state index in [1.54, 1.807) is 0 Å². The molecule has 0 unspecified atom stereocenters. The van der Waals surface area contributed by atoms with Crippen LogP contribution in [0.5, 0.6) is 5.75 Å². The van der Waals surface area contributed by atoms with Crippen molar-refractivity contribution in [2.75, 3.05) is 6.61 Å². The summed E-state index contributed by atoms with van der Waals surface area (Å²) in [5.41, 5.74) is 7.80. The van der Waals surface area contributed by atoms with E-state index in [0.29, 0.717) is 18.3 Å². The fourth-order valence-corrected chi connectivity index (χ4v) is 2.35. The van der Waals surface area contributed by atoms with Gasteiger partial charge in [0, 0.05) is 12.0 Å². The van der Waals surface area contributed by atoms with Gasteiger partial charge in [-0.2, -0.15) is 4.98 Å². The Kier molecular flexibility index (Phi) is 5.80. The van der Waals surface area contributed by atoms with E-state index in [4.69, 9.17) is 15.0 Å². The minimum absolute atomic E-state index is 0. The van der Waals surface area contributed by atoms with E-state index in [0.717, 1.165) is 23.3 Å². The predicted octanol–water partition coefficient (Wildman–Crippen LogP) is 1.69.